The van der Waals surface area contributed by atoms with E-state index in [2.05, 4.69) is 5.32 Å². The highest BCUT2D eigenvalue weighted by Crippen LogP contribution is 2.20. The summed E-state index contributed by atoms with van der Waals surface area (Å²) in [4.78, 5) is 1.59. The lowest BCUT2D eigenvalue weighted by Gasteiger charge is -2.27. The minimum absolute atomic E-state index is 0.0626. The van der Waals surface area contributed by atoms with Crippen molar-refractivity contribution in [3.63, 3.8) is 0 Å². The van der Waals surface area contributed by atoms with Gasteiger partial charge in [0.25, 0.3) is 0 Å². The molecule has 6 nitrogen and oxygen atoms in total. The molecular formula is C7H14N2O4S. The van der Waals surface area contributed by atoms with Gasteiger partial charge in [0.05, 0.1) is 23.7 Å². The first kappa shape index (κ1) is 10.3. The van der Waals surface area contributed by atoms with Crippen LogP contribution in [-0.4, -0.2) is 66.6 Å². The average Bonchev–Trinajstić information content (AvgIpc) is 2.55. The van der Waals surface area contributed by atoms with Gasteiger partial charge in [-0.15, -0.1) is 0 Å². The van der Waals surface area contributed by atoms with Gasteiger partial charge >= 0.3 is 0 Å². The van der Waals surface area contributed by atoms with Crippen LogP contribution in [0.5, 0.6) is 0 Å². The number of hydrogen-bond acceptors (Lipinski definition) is 6. The maximum Gasteiger partial charge on any atom is 0.163 e. The Bertz CT molecular complexity index is 318. The van der Waals surface area contributed by atoms with Crippen molar-refractivity contribution in [3.8, 4) is 0 Å². The Morgan fingerprint density at radius 3 is 2.43 bits per heavy atom. The Labute approximate surface area is 82.4 Å². The van der Waals surface area contributed by atoms with E-state index in [0.29, 0.717) is 13.1 Å². The van der Waals surface area contributed by atoms with Crippen LogP contribution >= 0.6 is 0 Å². The third-order valence-corrected chi connectivity index (χ3v) is 4.43. The predicted molar refractivity (Wildman–Crippen MR) is 49.2 cm³/mol. The van der Waals surface area contributed by atoms with E-state index in [1.165, 1.54) is 0 Å². The summed E-state index contributed by atoms with van der Waals surface area (Å²) in [6, 6.07) is -0.468. The van der Waals surface area contributed by atoms with Gasteiger partial charge in [-0.1, -0.05) is 0 Å². The second kappa shape index (κ2) is 3.42. The zero-order valence-electron chi connectivity index (χ0n) is 7.63. The molecule has 0 aromatic rings. The number of hydrogen-bond donors (Lipinski definition) is 3. The largest absolute Gasteiger partial charge is 0.390 e. The molecule has 2 heterocycles. The Hall–Kier alpha value is -0.210. The molecule has 0 spiro atoms. The monoisotopic (exact) mass is 222 g/mol. The third-order valence-electron chi connectivity index (χ3n) is 2.73. The molecule has 14 heavy (non-hydrogen) atoms. The molecule has 7 heteroatoms. The molecule has 0 radical (unpaired) electrons. The predicted octanol–water partition coefficient (Wildman–Crippen LogP) is -2.67. The fraction of sp³-hybridized carbons (Fsp3) is 1.00. The number of rotatable bonds is 1. The summed E-state index contributed by atoms with van der Waals surface area (Å²) in [5.74, 6) is -0.256. The maximum atomic E-state index is 11.2. The number of sulfone groups is 1. The van der Waals surface area contributed by atoms with Gasteiger partial charge in [0.1, 0.15) is 0 Å². The molecule has 0 aliphatic carbocycles. The van der Waals surface area contributed by atoms with Gasteiger partial charge in [0.2, 0.25) is 0 Å². The Morgan fingerprint density at radius 1 is 1.29 bits per heavy atom. The lowest BCUT2D eigenvalue weighted by molar-refractivity contribution is -0.0294. The molecule has 0 aromatic heterocycles. The summed E-state index contributed by atoms with van der Waals surface area (Å²) in [5, 5.41) is 21.8. The van der Waals surface area contributed by atoms with E-state index >= 15 is 0 Å². The molecule has 0 unspecified atom stereocenters. The summed E-state index contributed by atoms with van der Waals surface area (Å²) >= 11 is 0. The van der Waals surface area contributed by atoms with E-state index < -0.39 is 28.3 Å². The van der Waals surface area contributed by atoms with Crippen molar-refractivity contribution in [2.24, 2.45) is 0 Å². The zero-order valence-corrected chi connectivity index (χ0v) is 8.44. The van der Waals surface area contributed by atoms with Gasteiger partial charge in [0.15, 0.2) is 16.2 Å². The van der Waals surface area contributed by atoms with Crippen molar-refractivity contribution < 1.29 is 18.6 Å². The van der Waals surface area contributed by atoms with E-state index in [9.17, 15) is 18.6 Å². The van der Waals surface area contributed by atoms with Gasteiger partial charge < -0.3 is 10.2 Å². The quantitative estimate of drug-likeness (QED) is 0.448. The lowest BCUT2D eigenvalue weighted by Crippen LogP contribution is -2.48. The van der Waals surface area contributed by atoms with E-state index in [-0.39, 0.29) is 11.5 Å². The number of aliphatic hydroxyl groups excluding tert-OH is 2. The van der Waals surface area contributed by atoms with Crippen molar-refractivity contribution in [1.82, 2.24) is 10.2 Å². The molecule has 3 N–H and O–H groups in total. The number of nitrogens with zero attached hydrogens (tertiary/aromatic N) is 1. The summed E-state index contributed by atoms with van der Waals surface area (Å²) in [5.41, 5.74) is 0. The Balaban J connectivity index is 2.12. The molecule has 2 aliphatic rings. The number of nitrogens with one attached hydrogen (secondary N) is 1. The molecule has 0 aromatic carbocycles. The van der Waals surface area contributed by atoms with Crippen LogP contribution in [0.25, 0.3) is 0 Å². The Morgan fingerprint density at radius 2 is 2.00 bits per heavy atom. The minimum Gasteiger partial charge on any atom is -0.390 e. The van der Waals surface area contributed by atoms with Gasteiger partial charge in [-0.3, -0.25) is 10.2 Å². The van der Waals surface area contributed by atoms with Crippen molar-refractivity contribution in [2.75, 3.05) is 24.6 Å². The highest BCUT2D eigenvalue weighted by molar-refractivity contribution is 7.91. The minimum atomic E-state index is -3.14. The smallest absolute Gasteiger partial charge is 0.163 e. The highest BCUT2D eigenvalue weighted by Gasteiger charge is 2.43. The van der Waals surface area contributed by atoms with Gasteiger partial charge in [-0.25, -0.2) is 8.42 Å². The summed E-state index contributed by atoms with van der Waals surface area (Å²) in [6.45, 7) is 1.18. The molecule has 3 atom stereocenters. The van der Waals surface area contributed by atoms with E-state index in [0.717, 1.165) is 0 Å². The fourth-order valence-corrected chi connectivity index (χ4v) is 3.85. The molecular weight excluding hydrogens is 208 g/mol. The maximum absolute atomic E-state index is 11.2. The topological polar surface area (TPSA) is 89.9 Å². The van der Waals surface area contributed by atoms with Crippen molar-refractivity contribution >= 4 is 9.84 Å². The van der Waals surface area contributed by atoms with Gasteiger partial charge in [-0.05, 0) is 0 Å². The van der Waals surface area contributed by atoms with Crippen LogP contribution in [0.1, 0.15) is 0 Å². The van der Waals surface area contributed by atoms with Crippen LogP contribution in [0.4, 0.5) is 0 Å². The molecule has 0 saturated carbocycles. The lowest BCUT2D eigenvalue weighted by atomic mass is 10.2. The first-order valence-electron chi connectivity index (χ1n) is 4.55. The van der Waals surface area contributed by atoms with Crippen LogP contribution in [0.2, 0.25) is 0 Å². The van der Waals surface area contributed by atoms with Crippen LogP contribution < -0.4 is 5.32 Å². The normalized spacial score (nSPS) is 43.1. The van der Waals surface area contributed by atoms with E-state index in [4.69, 9.17) is 0 Å². The SMILES string of the molecule is O=S1(=O)C[C@H](O)[C@@H](N2CCN[C@H]2O)C1. The Kier molecular flexibility index (Phi) is 2.52. The molecule has 2 rings (SSSR count). The molecule has 0 amide bonds. The highest BCUT2D eigenvalue weighted by atomic mass is 32.2. The van der Waals surface area contributed by atoms with E-state index in [1.54, 1.807) is 4.90 Å². The second-order valence-corrected chi connectivity index (χ2v) is 5.93. The molecule has 2 fully saturated rings. The third kappa shape index (κ3) is 1.78. The second-order valence-electron chi connectivity index (χ2n) is 3.78. The molecule has 2 saturated heterocycles. The van der Waals surface area contributed by atoms with E-state index in [1.807, 2.05) is 0 Å². The zero-order chi connectivity index (χ0) is 10.3. The first-order chi connectivity index (χ1) is 6.49. The summed E-state index contributed by atoms with van der Waals surface area (Å²) in [6.07, 6.45) is -1.71. The average molecular weight is 222 g/mol. The van der Waals surface area contributed by atoms with Gasteiger partial charge in [0, 0.05) is 13.1 Å². The number of aliphatic hydroxyl groups is 2. The fourth-order valence-electron chi connectivity index (χ4n) is 2.04. The van der Waals surface area contributed by atoms with Gasteiger partial charge in [-0.2, -0.15) is 0 Å². The van der Waals surface area contributed by atoms with Crippen LogP contribution in [-0.2, 0) is 9.84 Å². The first-order valence-corrected chi connectivity index (χ1v) is 6.37. The summed E-state index contributed by atoms with van der Waals surface area (Å²) in [7, 11) is -3.14. The standard InChI is InChI=1S/C7H14N2O4S/c10-6-4-14(12,13)3-5(6)9-2-1-8-7(9)11/h5-8,10-11H,1-4H2/t5-,6-,7+/m0/s1. The molecule has 0 bridgehead atoms. The van der Waals surface area contributed by atoms with Crippen molar-refractivity contribution in [3.05, 3.63) is 0 Å². The van der Waals surface area contributed by atoms with Crippen molar-refractivity contribution in [2.45, 2.75) is 18.5 Å². The van der Waals surface area contributed by atoms with Crippen molar-refractivity contribution in [1.29, 1.82) is 0 Å². The van der Waals surface area contributed by atoms with Crippen LogP contribution in [0.15, 0.2) is 0 Å². The molecule has 82 valence electrons. The van der Waals surface area contributed by atoms with Crippen LogP contribution in [0.3, 0.4) is 0 Å². The summed E-state index contributed by atoms with van der Waals surface area (Å²) < 4.78 is 22.5. The molecule has 2 aliphatic heterocycles. The van der Waals surface area contributed by atoms with Crippen LogP contribution in [0, 0.1) is 0 Å².